The molecule has 0 spiro atoms. The van der Waals surface area contributed by atoms with Crippen molar-refractivity contribution in [3.8, 4) is 46.0 Å². The van der Waals surface area contributed by atoms with E-state index in [1.54, 1.807) is 0 Å². The second-order valence-corrected chi connectivity index (χ2v) is 32.7. The van der Waals surface area contributed by atoms with Gasteiger partial charge in [0.1, 0.15) is 48.4 Å². The SMILES string of the molecule is [2H]c1c2c(c([2H])c(OC)c1OC([2H])([2H])[2H])C1CC(OC(=O)[C@@]([2H])(N)C([2H])(C([2H])([2H])[2H])C([2H])([2H])[2H])C(CC(C)C)CN1CC2.[2H]c1c2c(c([2H])c(OC)c1OC([2H])([2H])[2H])C1CC([2H])(OC(=O)[C@@]([2H])(N)C([2H])(C([2H])([2H])[2H])C([2H])([2H])[2H])C(CC(C)C)CN1CC2.[2H]c1c2c(c([2H])c(OC)c1OC)C1CC(OC(=O)[C@@]([2H])(N)C([2H])(C([2H])([2H])[2H])C([2H])([2H])[2H])C(CC(C)C)CN1CC2.[2H]c1c2c(c([2H])c(OC)c1OC)C1CC([2H])(OC(=O)[C@@]([2H])(N)C([2H])(C([2H])([2H])[2H])C([2H])([2H])[2H])C(CC(C)C)CN1CC2. The Hall–Kier alpha value is -7.16. The Morgan fingerprint density at radius 2 is 0.583 bits per heavy atom. The van der Waals surface area contributed by atoms with Gasteiger partial charge in [-0.2, -0.15) is 0 Å². The number of fused-ring (bicyclic) bond motifs is 12. The predicted octanol–water partition coefficient (Wildman–Crippen LogP) is 14.3. The molecular formula is C96H152N8O16. The Morgan fingerprint density at radius 3 is 0.825 bits per heavy atom. The fourth-order valence-corrected chi connectivity index (χ4v) is 17.3. The summed E-state index contributed by atoms with van der Waals surface area (Å²) >= 11 is 0. The molecule has 8 heterocycles. The highest BCUT2D eigenvalue weighted by Gasteiger charge is 2.47. The largest absolute Gasteiger partial charge is 0.493 e. The molecule has 8 aliphatic rings. The maximum atomic E-state index is 13.5. The lowest BCUT2D eigenvalue weighted by atomic mass is 9.79. The second kappa shape index (κ2) is 43.9. The van der Waals surface area contributed by atoms with Crippen molar-refractivity contribution in [2.75, 3.05) is 109 Å². The van der Waals surface area contributed by atoms with Crippen molar-refractivity contribution in [1.82, 2.24) is 19.6 Å². The zero-order valence-corrected chi connectivity index (χ0v) is 70.9. The van der Waals surface area contributed by atoms with E-state index >= 15 is 0 Å². The first-order valence-corrected chi connectivity index (χ1v) is 40.2. The maximum Gasteiger partial charge on any atom is 0.323 e. The lowest BCUT2D eigenvalue weighted by Gasteiger charge is -2.47. The molecule has 0 amide bonds. The quantitative estimate of drug-likeness (QED) is 0.0303. The van der Waals surface area contributed by atoms with Gasteiger partial charge in [0, 0.05) is 164 Å². The normalized spacial score (nSPS) is 34.4. The summed E-state index contributed by atoms with van der Waals surface area (Å²) < 4.78 is 449. The van der Waals surface area contributed by atoms with Crippen molar-refractivity contribution < 1.29 is 142 Å². The highest BCUT2D eigenvalue weighted by Crippen LogP contribution is 2.50. The van der Waals surface area contributed by atoms with E-state index < -0.39 is 207 Å². The number of nitrogens with two attached hydrogens (primary N) is 4. The Morgan fingerprint density at radius 1 is 0.358 bits per heavy atom. The summed E-state index contributed by atoms with van der Waals surface area (Å²) in [6, 6.07) is -17.8. The third kappa shape index (κ3) is 23.8. The van der Waals surface area contributed by atoms with Gasteiger partial charge < -0.3 is 79.8 Å². The molecule has 8 aliphatic heterocycles. The van der Waals surface area contributed by atoms with Gasteiger partial charge >= 0.3 is 23.9 Å². The van der Waals surface area contributed by atoms with Gasteiger partial charge in [0.2, 0.25) is 0 Å². The Labute approximate surface area is 786 Å². The molecule has 24 heteroatoms. The van der Waals surface area contributed by atoms with Crippen LogP contribution in [-0.4, -0.2) is 201 Å². The van der Waals surface area contributed by atoms with Crippen LogP contribution in [0.15, 0.2) is 48.3 Å². The van der Waals surface area contributed by atoms with E-state index in [0.29, 0.717) is 118 Å². The minimum Gasteiger partial charge on any atom is -0.493 e. The van der Waals surface area contributed by atoms with Crippen molar-refractivity contribution in [3.63, 3.8) is 0 Å². The Balaban J connectivity index is 0.000000246. The third-order valence-corrected chi connectivity index (χ3v) is 22.8. The standard InChI is InChI=1S/4C24H38N2O4/c4*1-14(2)9-17-13-26-8-7-16-10-21(28-5)22(29-6)11-18(16)19(26)12-20(17)30-24(27)23(25)15(3)4/h4*10-11,14-15,17,19-20,23H,7-9,12-13,25H2,1-6H3/t4*17?,19?,20?,23-/m0000/s1/i3D3,4D3,5D3,10D,11D,15D,20D,23D;3D3,4D3,10D,11D,15D,20D,23D;3D3,4D3,5D3,10D,11D,15D,23D;3D3,4D3,10D,11D,15D,23D. The van der Waals surface area contributed by atoms with Crippen molar-refractivity contribution in [3.05, 3.63) is 92.8 Å². The van der Waals surface area contributed by atoms with E-state index in [2.05, 4.69) is 4.90 Å². The molecule has 0 saturated carbocycles. The van der Waals surface area contributed by atoms with Gasteiger partial charge in [0.05, 0.1) is 84.1 Å². The van der Waals surface area contributed by atoms with Crippen LogP contribution in [0.1, 0.15) is 296 Å². The van der Waals surface area contributed by atoms with Gasteiger partial charge in [-0.05, 0) is 191 Å². The molecule has 0 bridgehead atoms. The van der Waals surface area contributed by atoms with Gasteiger partial charge in [-0.15, -0.1) is 0 Å². The average Bonchev–Trinajstić information content (AvgIpc) is 0.714. The molecule has 4 aromatic carbocycles. The van der Waals surface area contributed by atoms with Crippen LogP contribution in [0, 0.1) is 70.9 Å². The summed E-state index contributed by atoms with van der Waals surface area (Å²) in [5.41, 5.74) is 26.3. The van der Waals surface area contributed by atoms with Gasteiger partial charge in [0.15, 0.2) is 46.0 Å². The van der Waals surface area contributed by atoms with Crippen LogP contribution < -0.4 is 60.8 Å². The van der Waals surface area contributed by atoms with Crippen LogP contribution >= 0.6 is 0 Å². The summed E-state index contributed by atoms with van der Waals surface area (Å²) in [6.07, 6.45) is -3.51. The van der Waals surface area contributed by atoms with Gasteiger partial charge in [-0.1, -0.05) is 110 Å². The van der Waals surface area contributed by atoms with Crippen molar-refractivity contribution in [2.45, 2.75) is 260 Å². The molecule has 120 heavy (non-hydrogen) atoms. The average molecular weight is 1720 g/mol. The van der Waals surface area contributed by atoms with Crippen LogP contribution in [0.25, 0.3) is 0 Å². The summed E-state index contributed by atoms with van der Waals surface area (Å²) in [7, 11) is 2.04. The van der Waals surface area contributed by atoms with Crippen LogP contribution in [0.3, 0.4) is 0 Å². The smallest absolute Gasteiger partial charge is 0.323 e. The zero-order chi connectivity index (χ0) is 129. The third-order valence-electron chi connectivity index (χ3n) is 22.8. The van der Waals surface area contributed by atoms with Crippen LogP contribution in [0.5, 0.6) is 46.0 Å². The lowest BCUT2D eigenvalue weighted by molar-refractivity contribution is -0.161. The molecule has 4 aromatic rings. The van der Waals surface area contributed by atoms with Crippen LogP contribution in [-0.2, 0) is 63.8 Å². The van der Waals surface area contributed by atoms with Gasteiger partial charge in [0.25, 0.3) is 0 Å². The van der Waals surface area contributed by atoms with Gasteiger partial charge in [-0.3, -0.25) is 38.8 Å². The fraction of sp³-hybridized carbons (Fsp3) is 0.708. The summed E-state index contributed by atoms with van der Waals surface area (Å²) in [5, 5.41) is 0. The molecule has 4 fully saturated rings. The highest BCUT2D eigenvalue weighted by molar-refractivity contribution is 5.77. The number of carbonyl (C=O) groups is 4. The molecule has 12 rings (SSSR count). The maximum absolute atomic E-state index is 13.5. The first-order chi connectivity index (χ1) is 75.9. The molecule has 16 atom stereocenters. The fourth-order valence-electron chi connectivity index (χ4n) is 17.3. The number of ether oxygens (including phenoxy) is 12. The topological polar surface area (TPSA) is 296 Å². The molecule has 672 valence electrons. The van der Waals surface area contributed by atoms with E-state index in [0.717, 1.165) is 0 Å². The van der Waals surface area contributed by atoms with E-state index in [-0.39, 0.29) is 180 Å². The molecule has 0 aromatic heterocycles. The number of hydrogen-bond acceptors (Lipinski definition) is 24. The first kappa shape index (κ1) is 49.5. The Kier molecular flexibility index (Phi) is 18.1. The number of methoxy groups -OCH3 is 8. The summed E-state index contributed by atoms with van der Waals surface area (Å²) in [6.45, 7) is -11.0. The number of piperidine rings is 4. The molecular weight excluding hydrogens is 1520 g/mol. The zero-order valence-electron chi connectivity index (χ0n) is 119. The van der Waals surface area contributed by atoms with E-state index in [9.17, 15) is 21.9 Å². The number of carbonyl (C=O) groups excluding carboxylic acids is 4. The highest BCUT2D eigenvalue weighted by atomic mass is 16.6. The number of hydrogen-bond donors (Lipinski definition) is 4. The van der Waals surface area contributed by atoms with E-state index in [1.165, 1.54) is 42.7 Å². The van der Waals surface area contributed by atoms with Crippen molar-refractivity contribution in [2.24, 2.45) is 93.9 Å². The molecule has 0 radical (unpaired) electrons. The van der Waals surface area contributed by atoms with Crippen LogP contribution in [0.2, 0.25) is 0 Å². The lowest BCUT2D eigenvalue weighted by Crippen LogP contribution is -2.51. The number of rotatable bonds is 28. The minimum atomic E-state index is -3.81. The molecule has 8 N–H and O–H groups in total. The Bertz CT molecular complexity index is 6180. The number of esters is 4. The van der Waals surface area contributed by atoms with Crippen molar-refractivity contribution >= 4 is 23.9 Å². The predicted molar refractivity (Wildman–Crippen MR) is 471 cm³/mol. The van der Waals surface area contributed by atoms with Crippen molar-refractivity contribution in [1.29, 1.82) is 0 Å². The van der Waals surface area contributed by atoms with Gasteiger partial charge in [-0.25, -0.2) is 0 Å². The second-order valence-electron chi connectivity index (χ2n) is 32.7. The first-order valence-electron chi connectivity index (χ1n) is 64.2. The number of benzene rings is 4. The minimum absolute atomic E-state index is 0.00664. The molecule has 24 nitrogen and oxygen atoms in total. The summed E-state index contributed by atoms with van der Waals surface area (Å²) in [4.78, 5) is 61.7. The molecule has 4 saturated heterocycles. The van der Waals surface area contributed by atoms with Crippen LogP contribution in [0.4, 0.5) is 0 Å². The summed E-state index contributed by atoms with van der Waals surface area (Å²) in [5.74, 6) is -24.7. The van der Waals surface area contributed by atoms with E-state index in [4.69, 9.17) is 143 Å². The monoisotopic (exact) mass is 1720 g/mol. The molecule has 12 unspecified atom stereocenters. The number of nitrogens with zero attached hydrogens (tertiary/aromatic N) is 4. The molecule has 0 aliphatic carbocycles. The van der Waals surface area contributed by atoms with E-state index in [1.807, 2.05) is 70.1 Å².